The average Bonchev–Trinajstić information content (AvgIpc) is 2.76. The highest BCUT2D eigenvalue weighted by Crippen LogP contribution is 2.65. The van der Waals surface area contributed by atoms with Gasteiger partial charge in [-0.1, -0.05) is 13.8 Å². The van der Waals surface area contributed by atoms with Gasteiger partial charge >= 0.3 is 0 Å². The van der Waals surface area contributed by atoms with Crippen molar-refractivity contribution in [3.05, 3.63) is 0 Å². The standard InChI is InChI=1S/C19H29O2/c1-18-9-7-13(20)11-12(18)3-4-14-15-5-6-17(21)19(15,2)10-8-16(14)18/h12,14-17H,3-11H2,1-2H3/t12?,14-,15-,16-,17-,18-,19-/m0/s1. The highest BCUT2D eigenvalue weighted by atomic mass is 16.3. The zero-order chi connectivity index (χ0) is 14.8. The molecule has 0 aliphatic heterocycles. The molecule has 4 fully saturated rings. The van der Waals surface area contributed by atoms with E-state index in [1.54, 1.807) is 0 Å². The largest absolute Gasteiger partial charge is 0.300 e. The lowest BCUT2D eigenvalue weighted by Gasteiger charge is -2.59. The fourth-order valence-electron chi connectivity index (χ4n) is 7.00. The molecule has 0 heterocycles. The lowest BCUT2D eigenvalue weighted by molar-refractivity contribution is -0.144. The highest BCUT2D eigenvalue weighted by molar-refractivity contribution is 5.79. The van der Waals surface area contributed by atoms with E-state index in [9.17, 15) is 9.90 Å². The predicted octanol–water partition coefficient (Wildman–Crippen LogP) is 4.40. The van der Waals surface area contributed by atoms with Gasteiger partial charge in [-0.05, 0) is 74.0 Å². The van der Waals surface area contributed by atoms with Gasteiger partial charge in [0.05, 0.1) is 6.10 Å². The Morgan fingerprint density at radius 3 is 2.48 bits per heavy atom. The van der Waals surface area contributed by atoms with E-state index in [2.05, 4.69) is 13.8 Å². The first-order chi connectivity index (χ1) is 9.95. The summed E-state index contributed by atoms with van der Waals surface area (Å²) >= 11 is 0. The number of carbonyl (C=O) groups is 1. The van der Waals surface area contributed by atoms with Crippen molar-refractivity contribution in [2.75, 3.05) is 0 Å². The number of ketones is 1. The zero-order valence-electron chi connectivity index (χ0n) is 13.6. The van der Waals surface area contributed by atoms with E-state index in [1.807, 2.05) is 0 Å². The first-order valence-corrected chi connectivity index (χ1v) is 9.12. The molecule has 117 valence electrons. The van der Waals surface area contributed by atoms with Crippen LogP contribution in [-0.2, 0) is 9.90 Å². The zero-order valence-corrected chi connectivity index (χ0v) is 13.6. The van der Waals surface area contributed by atoms with Crippen molar-refractivity contribution in [1.82, 2.24) is 0 Å². The minimum atomic E-state index is -0.318. The molecule has 2 nitrogen and oxygen atoms in total. The van der Waals surface area contributed by atoms with Gasteiger partial charge in [0, 0.05) is 18.3 Å². The molecule has 0 N–H and O–H groups in total. The van der Waals surface area contributed by atoms with Gasteiger partial charge in [0.15, 0.2) is 0 Å². The number of carbonyl (C=O) groups excluding carboxylic acids is 1. The van der Waals surface area contributed by atoms with Crippen molar-refractivity contribution < 1.29 is 9.90 Å². The van der Waals surface area contributed by atoms with Crippen LogP contribution in [0.2, 0.25) is 0 Å². The maximum atomic E-state index is 12.4. The third-order valence-electron chi connectivity index (χ3n) is 8.39. The molecule has 0 bridgehead atoms. The molecule has 4 saturated carbocycles. The lowest BCUT2D eigenvalue weighted by Crippen LogP contribution is -2.53. The van der Waals surface area contributed by atoms with Crippen LogP contribution in [-0.4, -0.2) is 11.9 Å². The molecule has 0 amide bonds. The van der Waals surface area contributed by atoms with E-state index in [4.69, 9.17) is 0 Å². The highest BCUT2D eigenvalue weighted by Gasteiger charge is 2.60. The molecular formula is C19H29O2. The van der Waals surface area contributed by atoms with Crippen LogP contribution < -0.4 is 0 Å². The van der Waals surface area contributed by atoms with Crippen molar-refractivity contribution in [1.29, 1.82) is 0 Å². The normalized spacial score (nSPS) is 56.5. The van der Waals surface area contributed by atoms with E-state index < -0.39 is 0 Å². The lowest BCUT2D eigenvalue weighted by atomic mass is 9.45. The summed E-state index contributed by atoms with van der Waals surface area (Å²) in [5.41, 5.74) is 0.466. The van der Waals surface area contributed by atoms with Crippen molar-refractivity contribution in [2.24, 2.45) is 34.5 Å². The van der Waals surface area contributed by atoms with Crippen LogP contribution in [0.4, 0.5) is 0 Å². The molecule has 0 saturated heterocycles. The fourth-order valence-corrected chi connectivity index (χ4v) is 7.00. The van der Waals surface area contributed by atoms with Crippen LogP contribution in [0.3, 0.4) is 0 Å². The molecule has 0 aromatic carbocycles. The second-order valence-electron chi connectivity index (χ2n) is 9.01. The first-order valence-electron chi connectivity index (χ1n) is 9.12. The monoisotopic (exact) mass is 289 g/mol. The maximum Gasteiger partial charge on any atom is 0.133 e. The molecule has 0 aromatic heterocycles. The first kappa shape index (κ1) is 14.2. The molecule has 21 heavy (non-hydrogen) atoms. The topological polar surface area (TPSA) is 37.0 Å². The number of fused-ring (bicyclic) bond motifs is 5. The number of hydrogen-bond donors (Lipinski definition) is 0. The Morgan fingerprint density at radius 2 is 1.67 bits per heavy atom. The van der Waals surface area contributed by atoms with E-state index in [0.717, 1.165) is 43.9 Å². The summed E-state index contributed by atoms with van der Waals surface area (Å²) in [6.07, 6.45) is 9.43. The SMILES string of the molecule is C[C@]12CC[C@H]3[C@@H](CCC4CC(=O)CC[C@@]43C)[C@@H]1CC[C@@H]2[O]. The quantitative estimate of drug-likeness (QED) is 0.651. The number of rotatable bonds is 0. The third kappa shape index (κ3) is 1.84. The Kier molecular flexibility index (Phi) is 3.10. The van der Waals surface area contributed by atoms with Gasteiger partial charge in [0.2, 0.25) is 0 Å². The van der Waals surface area contributed by atoms with Gasteiger partial charge in [-0.25, -0.2) is 5.11 Å². The van der Waals surface area contributed by atoms with Crippen molar-refractivity contribution in [3.63, 3.8) is 0 Å². The molecule has 2 heteroatoms. The van der Waals surface area contributed by atoms with E-state index in [1.165, 1.54) is 25.7 Å². The average molecular weight is 289 g/mol. The summed E-state index contributed by atoms with van der Waals surface area (Å²) in [5, 5.41) is 12.4. The summed E-state index contributed by atoms with van der Waals surface area (Å²) in [4.78, 5) is 11.9. The molecule has 0 spiro atoms. The van der Waals surface area contributed by atoms with E-state index in [-0.39, 0.29) is 11.5 Å². The van der Waals surface area contributed by atoms with Crippen molar-refractivity contribution in [3.8, 4) is 0 Å². The Bertz CT molecular complexity index is 458. The molecule has 1 unspecified atom stereocenters. The van der Waals surface area contributed by atoms with Gasteiger partial charge in [-0.3, -0.25) is 4.79 Å². The van der Waals surface area contributed by atoms with E-state index in [0.29, 0.717) is 23.0 Å². The smallest absolute Gasteiger partial charge is 0.133 e. The van der Waals surface area contributed by atoms with Gasteiger partial charge in [0.1, 0.15) is 5.78 Å². The molecular weight excluding hydrogens is 260 g/mol. The predicted molar refractivity (Wildman–Crippen MR) is 81.2 cm³/mol. The summed E-state index contributed by atoms with van der Waals surface area (Å²) < 4.78 is 0. The van der Waals surface area contributed by atoms with Crippen LogP contribution in [0.5, 0.6) is 0 Å². The van der Waals surface area contributed by atoms with Crippen LogP contribution in [0, 0.1) is 34.5 Å². The molecule has 4 aliphatic rings. The summed E-state index contributed by atoms with van der Waals surface area (Å²) in [5.74, 6) is 3.37. The Balaban J connectivity index is 1.64. The summed E-state index contributed by atoms with van der Waals surface area (Å²) in [7, 11) is 0. The Morgan fingerprint density at radius 1 is 0.905 bits per heavy atom. The second-order valence-corrected chi connectivity index (χ2v) is 9.01. The summed E-state index contributed by atoms with van der Waals surface area (Å²) in [6, 6.07) is 0. The molecule has 4 rings (SSSR count). The minimum Gasteiger partial charge on any atom is -0.300 e. The van der Waals surface area contributed by atoms with Gasteiger partial charge in [0.25, 0.3) is 0 Å². The molecule has 0 aromatic rings. The fraction of sp³-hybridized carbons (Fsp3) is 0.947. The summed E-state index contributed by atoms with van der Waals surface area (Å²) in [6.45, 7) is 4.77. The Hall–Kier alpha value is -0.370. The number of Topliss-reactive ketones (excluding diaryl/α,β-unsaturated/α-hetero) is 1. The van der Waals surface area contributed by atoms with Gasteiger partial charge in [-0.15, -0.1) is 0 Å². The van der Waals surface area contributed by atoms with Crippen molar-refractivity contribution >= 4 is 5.78 Å². The Labute approximate surface area is 128 Å². The molecule has 7 atom stereocenters. The van der Waals surface area contributed by atoms with Gasteiger partial charge < -0.3 is 0 Å². The third-order valence-corrected chi connectivity index (χ3v) is 8.39. The van der Waals surface area contributed by atoms with E-state index >= 15 is 0 Å². The second kappa shape index (κ2) is 4.57. The molecule has 4 aliphatic carbocycles. The minimum absolute atomic E-state index is 0.0782. The van der Waals surface area contributed by atoms with Crippen LogP contribution in [0.25, 0.3) is 0 Å². The van der Waals surface area contributed by atoms with Crippen molar-refractivity contribution in [2.45, 2.75) is 77.7 Å². The van der Waals surface area contributed by atoms with Crippen LogP contribution in [0.1, 0.15) is 71.6 Å². The molecule has 1 radical (unpaired) electrons. The van der Waals surface area contributed by atoms with Crippen LogP contribution >= 0.6 is 0 Å². The number of hydrogen-bond acceptors (Lipinski definition) is 1. The van der Waals surface area contributed by atoms with Crippen LogP contribution in [0.15, 0.2) is 0 Å². The van der Waals surface area contributed by atoms with Gasteiger partial charge in [-0.2, -0.15) is 0 Å². The maximum absolute atomic E-state index is 12.4.